The number of carbonyl (C=O) groups is 1. The van der Waals surface area contributed by atoms with E-state index in [2.05, 4.69) is 36.4 Å². The molecular formula is C21H19O2P. The maximum Gasteiger partial charge on any atom is 0.112 e. The Kier molecular flexibility index (Phi) is 5.08. The summed E-state index contributed by atoms with van der Waals surface area (Å²) < 4.78 is 0. The molecule has 0 aromatic heterocycles. The first kappa shape index (κ1) is 16.4. The first-order valence-corrected chi connectivity index (χ1v) is 9.95. The maximum absolute atomic E-state index is 11.2. The third-order valence-electron chi connectivity index (χ3n) is 4.24. The molecule has 0 N–H and O–H groups in total. The van der Waals surface area contributed by atoms with Gasteiger partial charge in [-0.3, -0.25) is 0 Å². The van der Waals surface area contributed by atoms with Crippen LogP contribution in [0.1, 0.15) is 6.42 Å². The summed E-state index contributed by atoms with van der Waals surface area (Å²) in [5.74, 6) is -0.998. The molecule has 0 amide bonds. The Bertz CT molecular complexity index is 689. The number of carboxylic acids is 1. The van der Waals surface area contributed by atoms with Crippen molar-refractivity contribution in [3.05, 3.63) is 91.0 Å². The zero-order valence-electron chi connectivity index (χ0n) is 13.3. The average Bonchev–Trinajstić information content (AvgIpc) is 2.65. The summed E-state index contributed by atoms with van der Waals surface area (Å²) in [6, 6.07) is 30.8. The fourth-order valence-corrected chi connectivity index (χ4v) is 7.37. The Labute approximate surface area is 143 Å². The lowest BCUT2D eigenvalue weighted by Gasteiger charge is -2.27. The molecule has 24 heavy (non-hydrogen) atoms. The van der Waals surface area contributed by atoms with Gasteiger partial charge in [0.15, 0.2) is 0 Å². The van der Waals surface area contributed by atoms with Crippen LogP contribution >= 0.6 is 7.26 Å². The van der Waals surface area contributed by atoms with Crippen LogP contribution in [-0.2, 0) is 4.79 Å². The third kappa shape index (κ3) is 3.25. The van der Waals surface area contributed by atoms with E-state index in [0.29, 0.717) is 6.16 Å². The zero-order chi connectivity index (χ0) is 16.8. The number of carboxylic acid groups (broad SMARTS) is 1. The summed E-state index contributed by atoms with van der Waals surface area (Å²) in [7, 11) is -2.03. The zero-order valence-corrected chi connectivity index (χ0v) is 14.2. The molecule has 0 unspecified atom stereocenters. The summed E-state index contributed by atoms with van der Waals surface area (Å²) in [4.78, 5) is 11.2. The van der Waals surface area contributed by atoms with Gasteiger partial charge in [0.05, 0.1) is 6.16 Å². The lowest BCUT2D eigenvalue weighted by molar-refractivity contribution is -0.305. The molecule has 3 aromatic carbocycles. The topological polar surface area (TPSA) is 40.1 Å². The summed E-state index contributed by atoms with van der Waals surface area (Å²) >= 11 is 0. The van der Waals surface area contributed by atoms with Gasteiger partial charge < -0.3 is 9.90 Å². The minimum Gasteiger partial charge on any atom is -0.550 e. The molecule has 0 aliphatic heterocycles. The molecule has 3 heteroatoms. The highest BCUT2D eigenvalue weighted by Gasteiger charge is 2.44. The second-order valence-electron chi connectivity index (χ2n) is 5.66. The number of aliphatic carboxylic acids is 1. The van der Waals surface area contributed by atoms with Crippen LogP contribution < -0.4 is 21.0 Å². The van der Waals surface area contributed by atoms with Crippen LogP contribution in [-0.4, -0.2) is 12.1 Å². The number of hydrogen-bond donors (Lipinski definition) is 0. The first-order chi connectivity index (χ1) is 11.7. The SMILES string of the molecule is O=C([O-])CC[P+](c1ccccc1)(c1ccccc1)c1ccccc1. The van der Waals surface area contributed by atoms with E-state index in [0.717, 1.165) is 0 Å². The molecule has 0 atom stereocenters. The Balaban J connectivity index is 2.26. The monoisotopic (exact) mass is 334 g/mol. The normalized spacial score (nSPS) is 11.2. The van der Waals surface area contributed by atoms with Gasteiger partial charge >= 0.3 is 0 Å². The van der Waals surface area contributed by atoms with Gasteiger partial charge in [-0.2, -0.15) is 0 Å². The highest BCUT2D eigenvalue weighted by Crippen LogP contribution is 2.55. The molecule has 0 bridgehead atoms. The van der Waals surface area contributed by atoms with Crippen molar-refractivity contribution in [2.45, 2.75) is 6.42 Å². The summed E-state index contributed by atoms with van der Waals surface area (Å²) in [5.41, 5.74) is 0. The predicted octanol–water partition coefficient (Wildman–Crippen LogP) is 2.12. The minimum absolute atomic E-state index is 0.0481. The lowest BCUT2D eigenvalue weighted by Crippen LogP contribution is -2.35. The summed E-state index contributed by atoms with van der Waals surface area (Å²) in [6.45, 7) is 0. The van der Waals surface area contributed by atoms with Gasteiger partial charge in [-0.25, -0.2) is 0 Å². The molecule has 0 heterocycles. The maximum atomic E-state index is 11.2. The summed E-state index contributed by atoms with van der Waals surface area (Å²) in [6.07, 6.45) is 0.611. The molecule has 2 nitrogen and oxygen atoms in total. The van der Waals surface area contributed by atoms with Crippen molar-refractivity contribution in [3.8, 4) is 0 Å². The van der Waals surface area contributed by atoms with Crippen LogP contribution in [0.15, 0.2) is 91.0 Å². The fraction of sp³-hybridized carbons (Fsp3) is 0.0952. The van der Waals surface area contributed by atoms with Gasteiger partial charge in [0.2, 0.25) is 0 Å². The van der Waals surface area contributed by atoms with Crippen LogP contribution in [0.5, 0.6) is 0 Å². The second kappa shape index (κ2) is 7.42. The molecule has 0 aliphatic rings. The predicted molar refractivity (Wildman–Crippen MR) is 99.6 cm³/mol. The smallest absolute Gasteiger partial charge is 0.112 e. The van der Waals surface area contributed by atoms with Gasteiger partial charge in [0, 0.05) is 12.4 Å². The van der Waals surface area contributed by atoms with Crippen LogP contribution in [0.3, 0.4) is 0 Å². The van der Waals surface area contributed by atoms with E-state index in [4.69, 9.17) is 0 Å². The van der Waals surface area contributed by atoms with Crippen LogP contribution in [0.4, 0.5) is 0 Å². The molecular weight excluding hydrogens is 315 g/mol. The third-order valence-corrected chi connectivity index (χ3v) is 8.68. The lowest BCUT2D eigenvalue weighted by atomic mass is 10.4. The van der Waals surface area contributed by atoms with E-state index in [9.17, 15) is 9.90 Å². The van der Waals surface area contributed by atoms with E-state index in [1.54, 1.807) is 0 Å². The number of benzene rings is 3. The standard InChI is InChI=1S/C21H19O2P/c22-21(23)16-17-24(18-10-4-1-5-11-18,19-12-6-2-7-13-19)20-14-8-3-9-15-20/h1-15H,16-17H2. The van der Waals surface area contributed by atoms with E-state index >= 15 is 0 Å². The van der Waals surface area contributed by atoms with E-state index in [1.165, 1.54) is 15.9 Å². The van der Waals surface area contributed by atoms with Crippen molar-refractivity contribution in [1.82, 2.24) is 0 Å². The first-order valence-electron chi connectivity index (χ1n) is 7.98. The number of carbonyl (C=O) groups excluding carboxylic acids is 1. The molecule has 3 aromatic rings. The van der Waals surface area contributed by atoms with E-state index < -0.39 is 13.2 Å². The molecule has 0 spiro atoms. The molecule has 0 saturated carbocycles. The van der Waals surface area contributed by atoms with E-state index in [-0.39, 0.29) is 6.42 Å². The van der Waals surface area contributed by atoms with Gasteiger partial charge in [-0.1, -0.05) is 54.6 Å². The quantitative estimate of drug-likeness (QED) is 0.648. The van der Waals surface area contributed by atoms with E-state index in [1.807, 2.05) is 54.6 Å². The Morgan fingerprint density at radius 2 is 1.00 bits per heavy atom. The van der Waals surface area contributed by atoms with Gasteiger partial charge in [0.1, 0.15) is 23.2 Å². The molecule has 0 aliphatic carbocycles. The Morgan fingerprint density at radius 1 is 0.667 bits per heavy atom. The molecule has 0 radical (unpaired) electrons. The van der Waals surface area contributed by atoms with Gasteiger partial charge in [-0.05, 0) is 36.4 Å². The molecule has 3 rings (SSSR count). The highest BCUT2D eigenvalue weighted by molar-refractivity contribution is 7.95. The number of rotatable bonds is 6. The van der Waals surface area contributed by atoms with Gasteiger partial charge in [0.25, 0.3) is 0 Å². The molecule has 0 saturated heterocycles. The van der Waals surface area contributed by atoms with Crippen molar-refractivity contribution in [2.75, 3.05) is 6.16 Å². The molecule has 0 fully saturated rings. The van der Waals surface area contributed by atoms with Crippen molar-refractivity contribution >= 4 is 29.1 Å². The van der Waals surface area contributed by atoms with Crippen molar-refractivity contribution in [3.63, 3.8) is 0 Å². The van der Waals surface area contributed by atoms with Crippen molar-refractivity contribution in [1.29, 1.82) is 0 Å². The highest BCUT2D eigenvalue weighted by atomic mass is 31.2. The Hall–Kier alpha value is -2.44. The van der Waals surface area contributed by atoms with Crippen molar-refractivity contribution < 1.29 is 9.90 Å². The van der Waals surface area contributed by atoms with Crippen molar-refractivity contribution in [2.24, 2.45) is 0 Å². The van der Waals surface area contributed by atoms with Crippen LogP contribution in [0.2, 0.25) is 0 Å². The summed E-state index contributed by atoms with van der Waals surface area (Å²) in [5, 5.41) is 14.8. The number of hydrogen-bond acceptors (Lipinski definition) is 2. The largest absolute Gasteiger partial charge is 0.550 e. The average molecular weight is 334 g/mol. The Morgan fingerprint density at radius 3 is 1.29 bits per heavy atom. The second-order valence-corrected chi connectivity index (χ2v) is 9.28. The fourth-order valence-electron chi connectivity index (χ4n) is 3.14. The van der Waals surface area contributed by atoms with Gasteiger partial charge in [-0.15, -0.1) is 0 Å². The minimum atomic E-state index is -2.03. The van der Waals surface area contributed by atoms with Crippen LogP contribution in [0.25, 0.3) is 0 Å². The molecule has 120 valence electrons. The van der Waals surface area contributed by atoms with Crippen LogP contribution in [0, 0.1) is 0 Å².